The van der Waals surface area contributed by atoms with Crippen LogP contribution in [-0.2, 0) is 14.8 Å². The number of ether oxygens (including phenoxy) is 2. The van der Waals surface area contributed by atoms with Crippen LogP contribution in [0.15, 0.2) is 39.6 Å². The average molecular weight is 481 g/mol. The number of hydrogen-bond donors (Lipinski definition) is 0. The Bertz CT molecular complexity index is 1220. The van der Waals surface area contributed by atoms with E-state index < -0.39 is 16.0 Å². The molecule has 0 saturated carbocycles. The van der Waals surface area contributed by atoms with Crippen molar-refractivity contribution in [3.8, 4) is 5.75 Å². The average Bonchev–Trinajstić information content (AvgIpc) is 3.15. The van der Waals surface area contributed by atoms with Gasteiger partial charge in [-0.05, 0) is 62.2 Å². The van der Waals surface area contributed by atoms with Crippen LogP contribution in [0.2, 0.25) is 0 Å². The molecule has 10 heteroatoms. The molecular formula is C21H24N2O5S3. The highest BCUT2D eigenvalue weighted by molar-refractivity contribution is 8.09. The zero-order valence-electron chi connectivity index (χ0n) is 18.0. The summed E-state index contributed by atoms with van der Waals surface area (Å²) in [6.07, 6.45) is 0. The topological polar surface area (TPSA) is 85.8 Å². The number of hydrogen-bond acceptors (Lipinski definition) is 8. The van der Waals surface area contributed by atoms with E-state index in [1.54, 1.807) is 26.8 Å². The number of esters is 1. The molecule has 0 aliphatic heterocycles. The number of fused-ring (bicyclic) bond motifs is 1. The number of aromatic nitrogens is 1. The third-order valence-electron chi connectivity index (χ3n) is 4.70. The molecule has 7 nitrogen and oxygen atoms in total. The van der Waals surface area contributed by atoms with E-state index in [-0.39, 0.29) is 17.0 Å². The Kier molecular flexibility index (Phi) is 7.25. The molecule has 31 heavy (non-hydrogen) atoms. The van der Waals surface area contributed by atoms with Gasteiger partial charge in [0.15, 0.2) is 4.34 Å². The van der Waals surface area contributed by atoms with Gasteiger partial charge in [-0.25, -0.2) is 18.2 Å². The van der Waals surface area contributed by atoms with Gasteiger partial charge in [0, 0.05) is 18.5 Å². The third kappa shape index (κ3) is 4.87. The van der Waals surface area contributed by atoms with Crippen LogP contribution in [0, 0.1) is 13.8 Å². The van der Waals surface area contributed by atoms with Crippen molar-refractivity contribution in [1.29, 1.82) is 0 Å². The lowest BCUT2D eigenvalue weighted by Crippen LogP contribution is -2.25. The van der Waals surface area contributed by atoms with E-state index >= 15 is 0 Å². The van der Waals surface area contributed by atoms with Gasteiger partial charge in [0.05, 0.1) is 34.4 Å². The van der Waals surface area contributed by atoms with E-state index in [0.717, 1.165) is 27.9 Å². The second kappa shape index (κ2) is 9.56. The molecule has 0 N–H and O–H groups in total. The summed E-state index contributed by atoms with van der Waals surface area (Å²) < 4.78 is 39.9. The number of sulfonamides is 1. The quantitative estimate of drug-likeness (QED) is 0.338. The number of benzene rings is 2. The van der Waals surface area contributed by atoms with Crippen molar-refractivity contribution in [2.24, 2.45) is 0 Å². The van der Waals surface area contributed by atoms with Crippen LogP contribution in [0.5, 0.6) is 5.75 Å². The Morgan fingerprint density at radius 1 is 1.19 bits per heavy atom. The number of carbonyl (C=O) groups excluding carboxylic acids is 1. The number of methoxy groups -OCH3 is 1. The summed E-state index contributed by atoms with van der Waals surface area (Å²) in [5, 5.41) is 0. The molecule has 1 heterocycles. The molecule has 2 aromatic carbocycles. The van der Waals surface area contributed by atoms with E-state index in [4.69, 9.17) is 9.47 Å². The van der Waals surface area contributed by atoms with Gasteiger partial charge in [-0.2, -0.15) is 0 Å². The minimum absolute atomic E-state index is 0.0464. The summed E-state index contributed by atoms with van der Waals surface area (Å²) in [7, 11) is -2.60. The minimum Gasteiger partial charge on any atom is -0.494 e. The van der Waals surface area contributed by atoms with Gasteiger partial charge in [0.25, 0.3) is 10.0 Å². The van der Waals surface area contributed by atoms with Crippen molar-refractivity contribution >= 4 is 49.5 Å². The lowest BCUT2D eigenvalue weighted by Gasteiger charge is -2.19. The summed E-state index contributed by atoms with van der Waals surface area (Å²) in [6, 6.07) is 8.55. The maximum Gasteiger partial charge on any atom is 0.338 e. The van der Waals surface area contributed by atoms with Crippen molar-refractivity contribution in [3.63, 3.8) is 0 Å². The van der Waals surface area contributed by atoms with Gasteiger partial charge >= 0.3 is 5.97 Å². The molecule has 0 amide bonds. The lowest BCUT2D eigenvalue weighted by molar-refractivity contribution is 0.0599. The first kappa shape index (κ1) is 23.5. The smallest absolute Gasteiger partial charge is 0.338 e. The fourth-order valence-corrected chi connectivity index (χ4v) is 6.99. The van der Waals surface area contributed by atoms with Crippen molar-refractivity contribution < 1.29 is 22.7 Å². The molecule has 166 valence electrons. The first-order valence-corrected chi connectivity index (χ1v) is 12.7. The van der Waals surface area contributed by atoms with Crippen molar-refractivity contribution in [3.05, 3.63) is 47.0 Å². The molecule has 3 aromatic rings. The lowest BCUT2D eigenvalue weighted by atomic mass is 10.0. The second-order valence-electron chi connectivity index (χ2n) is 6.66. The summed E-state index contributed by atoms with van der Waals surface area (Å²) in [4.78, 5) is 16.7. The number of thiazole rings is 1. The van der Waals surface area contributed by atoms with Crippen molar-refractivity contribution in [1.82, 2.24) is 8.69 Å². The van der Waals surface area contributed by atoms with Crippen LogP contribution >= 0.6 is 23.3 Å². The molecule has 1 aromatic heterocycles. The first-order chi connectivity index (χ1) is 14.7. The summed E-state index contributed by atoms with van der Waals surface area (Å²) in [6.45, 7) is 8.01. The Hall–Kier alpha value is -2.14. The molecule has 0 atom stereocenters. The van der Waals surface area contributed by atoms with Crippen LogP contribution in [0.25, 0.3) is 10.2 Å². The van der Waals surface area contributed by atoms with Crippen LogP contribution in [0.1, 0.15) is 35.3 Å². The molecule has 0 aliphatic rings. The van der Waals surface area contributed by atoms with E-state index in [1.165, 1.54) is 28.2 Å². The predicted octanol–water partition coefficient (Wildman–Crippen LogP) is 4.82. The fraction of sp³-hybridized carbons (Fsp3) is 0.333. The molecule has 0 radical (unpaired) electrons. The van der Waals surface area contributed by atoms with E-state index in [2.05, 4.69) is 4.98 Å². The minimum atomic E-state index is -3.88. The van der Waals surface area contributed by atoms with Crippen molar-refractivity contribution in [2.45, 2.75) is 36.9 Å². The molecule has 0 aliphatic carbocycles. The Labute approximate surface area is 190 Å². The van der Waals surface area contributed by atoms with E-state index in [1.807, 2.05) is 25.1 Å². The zero-order valence-corrected chi connectivity index (χ0v) is 20.4. The highest BCUT2D eigenvalue weighted by Gasteiger charge is 2.28. The predicted molar refractivity (Wildman–Crippen MR) is 123 cm³/mol. The van der Waals surface area contributed by atoms with Gasteiger partial charge in [-0.3, -0.25) is 0 Å². The molecule has 3 rings (SSSR count). The summed E-state index contributed by atoms with van der Waals surface area (Å²) in [5.41, 5.74) is 2.41. The molecule has 0 bridgehead atoms. The highest BCUT2D eigenvalue weighted by atomic mass is 32.3. The molecular weight excluding hydrogens is 456 g/mol. The third-order valence-corrected chi connectivity index (χ3v) is 9.14. The van der Waals surface area contributed by atoms with Crippen molar-refractivity contribution in [2.75, 3.05) is 20.3 Å². The van der Waals surface area contributed by atoms with Gasteiger partial charge in [-0.15, -0.1) is 15.0 Å². The van der Waals surface area contributed by atoms with Gasteiger partial charge in [0.1, 0.15) is 5.75 Å². The van der Waals surface area contributed by atoms with Crippen LogP contribution in [0.4, 0.5) is 0 Å². The largest absolute Gasteiger partial charge is 0.494 e. The summed E-state index contributed by atoms with van der Waals surface area (Å²) in [5.74, 6) is 0.185. The monoisotopic (exact) mass is 480 g/mol. The number of aryl methyl sites for hydroxylation is 1. The molecule has 0 saturated heterocycles. The molecule has 0 spiro atoms. The van der Waals surface area contributed by atoms with Gasteiger partial charge < -0.3 is 9.47 Å². The standard InChI is InChI=1S/C21H24N2O5S3/c1-6-23(30-21-22-18-9-8-15(28-7-2)11-19(18)29-21)31(25,26)16-10-13(3)14(4)17(12-16)20(24)27-5/h8-12H,6-7H2,1-5H3. The van der Waals surface area contributed by atoms with Gasteiger partial charge in [0.2, 0.25) is 0 Å². The normalized spacial score (nSPS) is 11.8. The Morgan fingerprint density at radius 2 is 1.94 bits per heavy atom. The van der Waals surface area contributed by atoms with Gasteiger partial charge in [-0.1, -0.05) is 6.92 Å². The molecule has 0 unspecified atom stereocenters. The molecule has 0 fully saturated rings. The zero-order chi connectivity index (χ0) is 22.8. The highest BCUT2D eigenvalue weighted by Crippen LogP contribution is 2.36. The number of nitrogens with zero attached hydrogens (tertiary/aromatic N) is 2. The maximum atomic E-state index is 13.4. The first-order valence-electron chi connectivity index (χ1n) is 9.64. The second-order valence-corrected chi connectivity index (χ2v) is 11.1. The SMILES string of the molecule is CCOc1ccc2nc(SN(CC)S(=O)(=O)c3cc(C)c(C)c(C(=O)OC)c3)sc2c1. The Morgan fingerprint density at radius 3 is 2.58 bits per heavy atom. The fourth-order valence-electron chi connectivity index (χ4n) is 2.96. The number of carbonyl (C=O) groups is 1. The summed E-state index contributed by atoms with van der Waals surface area (Å²) >= 11 is 2.46. The van der Waals surface area contributed by atoms with E-state index in [9.17, 15) is 13.2 Å². The van der Waals surface area contributed by atoms with Crippen LogP contribution in [-0.4, -0.2) is 43.3 Å². The van der Waals surface area contributed by atoms with Crippen LogP contribution in [0.3, 0.4) is 0 Å². The van der Waals surface area contributed by atoms with E-state index in [0.29, 0.717) is 22.1 Å². The number of rotatable bonds is 8. The maximum absolute atomic E-state index is 13.4. The van der Waals surface area contributed by atoms with Crippen LogP contribution < -0.4 is 4.74 Å². The Balaban J connectivity index is 1.95.